The van der Waals surface area contributed by atoms with Crippen molar-refractivity contribution in [2.24, 2.45) is 0 Å². The maximum absolute atomic E-state index is 12.4. The zero-order valence-corrected chi connectivity index (χ0v) is 8.19. The van der Waals surface area contributed by atoms with Crippen LogP contribution in [0.1, 0.15) is 6.42 Å². The van der Waals surface area contributed by atoms with Crippen LogP contribution in [-0.2, 0) is 9.47 Å². The molecule has 0 spiro atoms. The Morgan fingerprint density at radius 1 is 1.58 bits per heavy atom. The molecule has 0 aromatic carbocycles. The summed E-state index contributed by atoms with van der Waals surface area (Å²) in [5.74, 6) is 0. The molecule has 0 aromatic heterocycles. The van der Waals surface area contributed by atoms with E-state index in [4.69, 9.17) is 9.47 Å². The van der Waals surface area contributed by atoms with E-state index in [1.165, 1.54) is 0 Å². The highest BCUT2D eigenvalue weighted by Gasteiger charge is 2.27. The fraction of sp³-hybridized carbons (Fsp3) is 1.00. The smallest absolute Gasteiger partial charge is 0.379 e. The van der Waals surface area contributed by atoms with Crippen LogP contribution in [0.5, 0.6) is 0 Å². The average Bonchev–Trinajstić information content (AvgIpc) is 2.68. The minimum Gasteiger partial charge on any atom is -0.379 e. The maximum Gasteiger partial charge on any atom is 0.422 e. The molecular weight excluding hydrogens is 182 g/mol. The predicted molar refractivity (Wildman–Crippen MR) is 43.8 cm³/mol. The minimum atomic E-state index is -3.83. The quantitative estimate of drug-likeness (QED) is 0.280. The summed E-state index contributed by atoms with van der Waals surface area (Å²) in [5, 5.41) is 0. The molecule has 0 bridgehead atoms. The molecule has 0 N–H and O–H groups in total. The van der Waals surface area contributed by atoms with Gasteiger partial charge in [-0.1, -0.05) is 0 Å². The van der Waals surface area contributed by atoms with Crippen molar-refractivity contribution in [3.63, 3.8) is 0 Å². The molecule has 0 aromatic rings. The molecule has 5 heteroatoms. The second-order valence-corrected chi connectivity index (χ2v) is 5.84. The normalized spacial score (nSPS) is 22.8. The number of hydrogen-bond donors (Lipinski definition) is 0. The van der Waals surface area contributed by atoms with Crippen molar-refractivity contribution >= 4 is 8.74 Å². The third-order valence-electron chi connectivity index (χ3n) is 1.61. The third-order valence-corrected chi connectivity index (χ3v) is 2.84. The van der Waals surface area contributed by atoms with E-state index in [1.807, 2.05) is 0 Å². The lowest BCUT2D eigenvalue weighted by molar-refractivity contribution is 0.116. The summed E-state index contributed by atoms with van der Waals surface area (Å²) in [6, 6.07) is 0.0402. The van der Waals surface area contributed by atoms with Crippen molar-refractivity contribution in [1.82, 2.24) is 0 Å². The highest BCUT2D eigenvalue weighted by molar-refractivity contribution is 6.64. The summed E-state index contributed by atoms with van der Waals surface area (Å²) in [6.45, 7) is 2.84. The summed E-state index contributed by atoms with van der Waals surface area (Å²) in [5.41, 5.74) is 0. The van der Waals surface area contributed by atoms with Crippen LogP contribution in [0.2, 0.25) is 12.6 Å². The fourth-order valence-electron chi connectivity index (χ4n) is 0.864. The Morgan fingerprint density at radius 2 is 2.25 bits per heavy atom. The van der Waals surface area contributed by atoms with E-state index in [0.717, 1.165) is 13.2 Å². The van der Waals surface area contributed by atoms with Gasteiger partial charge < -0.3 is 9.47 Å². The first-order chi connectivity index (χ1) is 5.58. The lowest BCUT2D eigenvalue weighted by Gasteiger charge is -2.05. The summed E-state index contributed by atoms with van der Waals surface area (Å²) in [4.78, 5) is 0. The predicted octanol–water partition coefficient (Wildman–Crippen LogP) is 1.80. The Morgan fingerprint density at radius 3 is 2.75 bits per heavy atom. The van der Waals surface area contributed by atoms with Gasteiger partial charge in [0.15, 0.2) is 0 Å². The topological polar surface area (TPSA) is 21.8 Å². The van der Waals surface area contributed by atoms with E-state index in [0.29, 0.717) is 19.6 Å². The molecule has 1 atom stereocenters. The summed E-state index contributed by atoms with van der Waals surface area (Å²) in [6.07, 6.45) is 0.715. The Bertz CT molecular complexity index is 134. The van der Waals surface area contributed by atoms with Gasteiger partial charge in [0.1, 0.15) is 6.10 Å². The number of ether oxygens (including phenoxy) is 2. The first-order valence-corrected chi connectivity index (χ1v) is 6.61. The van der Waals surface area contributed by atoms with Gasteiger partial charge in [-0.2, -0.15) is 0 Å². The molecule has 0 aliphatic carbocycles. The summed E-state index contributed by atoms with van der Waals surface area (Å²) in [7, 11) is -3.83. The monoisotopic (exact) mass is 196 g/mol. The van der Waals surface area contributed by atoms with Crippen LogP contribution in [0.4, 0.5) is 8.22 Å². The molecule has 12 heavy (non-hydrogen) atoms. The van der Waals surface area contributed by atoms with Gasteiger partial charge in [0, 0.05) is 12.7 Å². The van der Waals surface area contributed by atoms with Crippen LogP contribution in [-0.4, -0.2) is 34.7 Å². The van der Waals surface area contributed by atoms with E-state index in [1.54, 1.807) is 0 Å². The van der Waals surface area contributed by atoms with Crippen molar-refractivity contribution in [3.8, 4) is 0 Å². The van der Waals surface area contributed by atoms with Crippen LogP contribution < -0.4 is 0 Å². The third kappa shape index (κ3) is 5.62. The van der Waals surface area contributed by atoms with Crippen LogP contribution in [0, 0.1) is 0 Å². The van der Waals surface area contributed by atoms with Crippen molar-refractivity contribution < 1.29 is 17.7 Å². The van der Waals surface area contributed by atoms with Gasteiger partial charge in [0.2, 0.25) is 0 Å². The molecule has 1 saturated heterocycles. The second-order valence-electron chi connectivity index (χ2n) is 3.20. The molecule has 1 aliphatic heterocycles. The van der Waals surface area contributed by atoms with Gasteiger partial charge in [-0.3, -0.25) is 8.22 Å². The zero-order chi connectivity index (χ0) is 9.03. The van der Waals surface area contributed by atoms with Crippen LogP contribution in [0.3, 0.4) is 0 Å². The molecule has 72 valence electrons. The highest BCUT2D eigenvalue weighted by Crippen LogP contribution is 2.15. The van der Waals surface area contributed by atoms with Crippen LogP contribution >= 0.6 is 0 Å². The first kappa shape index (κ1) is 10.1. The van der Waals surface area contributed by atoms with E-state index in [2.05, 4.69) is 0 Å². The Kier molecular flexibility index (Phi) is 3.61. The molecule has 1 heterocycles. The lowest BCUT2D eigenvalue weighted by Crippen LogP contribution is -2.16. The van der Waals surface area contributed by atoms with Gasteiger partial charge in [-0.25, -0.2) is 0 Å². The first-order valence-electron chi connectivity index (χ1n) is 4.15. The lowest BCUT2D eigenvalue weighted by atomic mass is 10.5. The van der Waals surface area contributed by atoms with E-state index in [-0.39, 0.29) is 12.1 Å². The largest absolute Gasteiger partial charge is 0.422 e. The highest BCUT2D eigenvalue weighted by atomic mass is 28.4. The van der Waals surface area contributed by atoms with E-state index < -0.39 is 8.74 Å². The van der Waals surface area contributed by atoms with Crippen molar-refractivity contribution in [3.05, 3.63) is 0 Å². The average molecular weight is 196 g/mol. The number of rotatable bonds is 6. The van der Waals surface area contributed by atoms with E-state index >= 15 is 0 Å². The Labute approximate surface area is 72.2 Å². The van der Waals surface area contributed by atoms with Crippen molar-refractivity contribution in [2.45, 2.75) is 25.1 Å². The number of halogens is 2. The maximum atomic E-state index is 12.4. The minimum absolute atomic E-state index is 0.0402. The van der Waals surface area contributed by atoms with Crippen molar-refractivity contribution in [2.75, 3.05) is 19.8 Å². The van der Waals surface area contributed by atoms with Gasteiger partial charge in [0.05, 0.1) is 13.2 Å². The molecule has 1 unspecified atom stereocenters. The molecule has 1 fully saturated rings. The Hall–Kier alpha value is -0.00312. The van der Waals surface area contributed by atoms with Crippen molar-refractivity contribution in [1.29, 1.82) is 0 Å². The molecule has 1 aliphatic rings. The Balaban J connectivity index is 1.82. The summed E-state index contributed by atoms with van der Waals surface area (Å²) >= 11 is 0. The van der Waals surface area contributed by atoms with E-state index in [9.17, 15) is 8.22 Å². The molecule has 0 saturated carbocycles. The SMILES string of the molecule is C[Si](F)(F)CCCOCC1CO1. The number of hydrogen-bond acceptors (Lipinski definition) is 2. The molecular formula is C7H14F2O2Si. The molecule has 2 nitrogen and oxygen atoms in total. The summed E-state index contributed by atoms with van der Waals surface area (Å²) < 4.78 is 34.8. The van der Waals surface area contributed by atoms with Gasteiger partial charge in [-0.05, 0) is 13.0 Å². The fourth-order valence-corrected chi connectivity index (χ4v) is 1.63. The standard InChI is InChI=1S/C7H14F2O2Si/c1-12(8,9)4-2-3-10-5-7-6-11-7/h7H,2-6H2,1H3. The molecule has 0 radical (unpaired) electrons. The van der Waals surface area contributed by atoms with Gasteiger partial charge in [-0.15, -0.1) is 0 Å². The van der Waals surface area contributed by atoms with Crippen LogP contribution in [0.15, 0.2) is 0 Å². The van der Waals surface area contributed by atoms with Gasteiger partial charge >= 0.3 is 8.74 Å². The van der Waals surface area contributed by atoms with Crippen LogP contribution in [0.25, 0.3) is 0 Å². The zero-order valence-electron chi connectivity index (χ0n) is 7.19. The van der Waals surface area contributed by atoms with Gasteiger partial charge in [0.25, 0.3) is 0 Å². The number of epoxide rings is 1. The second kappa shape index (κ2) is 4.29. The molecule has 1 rings (SSSR count). The molecule has 0 amide bonds.